The van der Waals surface area contributed by atoms with Gasteiger partial charge in [-0.3, -0.25) is 4.90 Å². The molecule has 0 radical (unpaired) electrons. The topological polar surface area (TPSA) is 80.1 Å². The number of benzene rings is 1. The van der Waals surface area contributed by atoms with Gasteiger partial charge in [-0.05, 0) is 24.3 Å². The van der Waals surface area contributed by atoms with E-state index in [9.17, 15) is 26.4 Å². The number of alkyl halides is 3. The second-order valence-corrected chi connectivity index (χ2v) is 8.91. The lowest BCUT2D eigenvalue weighted by molar-refractivity contribution is -0.137. The molecule has 1 aromatic heterocycles. The molecule has 2 aromatic rings. The van der Waals surface area contributed by atoms with Crippen LogP contribution in [-0.2, 0) is 27.5 Å². The molecule has 1 aliphatic heterocycles. The highest BCUT2D eigenvalue weighted by Gasteiger charge is 2.36. The Hall–Kier alpha value is -2.08. The number of sulfonamides is 1. The van der Waals surface area contributed by atoms with E-state index in [2.05, 4.69) is 4.74 Å². The summed E-state index contributed by atoms with van der Waals surface area (Å²) in [5.74, 6) is -0.145. The molecule has 0 amide bonds. The van der Waals surface area contributed by atoms with Gasteiger partial charge in [0.05, 0.1) is 35.4 Å². The summed E-state index contributed by atoms with van der Waals surface area (Å²) in [5.41, 5.74) is -0.912. The fraction of sp³-hybridized carbons (Fsp3) is 0.389. The van der Waals surface area contributed by atoms with Crippen LogP contribution in [0.1, 0.15) is 21.7 Å². The summed E-state index contributed by atoms with van der Waals surface area (Å²) >= 11 is 5.57. The Bertz CT molecular complexity index is 1030. The summed E-state index contributed by atoms with van der Waals surface area (Å²) in [4.78, 5) is 13.1. The Morgan fingerprint density at radius 3 is 2.47 bits per heavy atom. The van der Waals surface area contributed by atoms with E-state index in [0.717, 1.165) is 16.4 Å². The number of piperazine rings is 1. The molecule has 3 rings (SSSR count). The number of halogens is 4. The number of ether oxygens (including phenoxy) is 1. The molecule has 2 heterocycles. The average molecular weight is 467 g/mol. The van der Waals surface area contributed by atoms with E-state index in [-0.39, 0.29) is 25.2 Å². The molecule has 1 aromatic carbocycles. The lowest BCUT2D eigenvalue weighted by Crippen LogP contribution is -2.48. The minimum atomic E-state index is -4.76. The van der Waals surface area contributed by atoms with Gasteiger partial charge < -0.3 is 9.15 Å². The summed E-state index contributed by atoms with van der Waals surface area (Å²) in [6.45, 7) is 1.02. The van der Waals surface area contributed by atoms with Crippen molar-refractivity contribution in [2.45, 2.75) is 17.6 Å². The number of carbonyl (C=O) groups is 1. The van der Waals surface area contributed by atoms with Gasteiger partial charge in [-0.1, -0.05) is 11.6 Å². The molecule has 0 atom stereocenters. The fourth-order valence-electron chi connectivity index (χ4n) is 3.12. The highest BCUT2D eigenvalue weighted by Crippen LogP contribution is 2.36. The van der Waals surface area contributed by atoms with Crippen LogP contribution in [0.25, 0.3) is 0 Å². The van der Waals surface area contributed by atoms with Gasteiger partial charge in [0.2, 0.25) is 10.0 Å². The van der Waals surface area contributed by atoms with Crippen molar-refractivity contribution in [3.63, 3.8) is 0 Å². The van der Waals surface area contributed by atoms with Gasteiger partial charge >= 0.3 is 12.1 Å². The largest absolute Gasteiger partial charge is 0.467 e. The third-order valence-electron chi connectivity index (χ3n) is 4.73. The molecule has 1 saturated heterocycles. The first-order valence-electron chi connectivity index (χ1n) is 8.78. The first kappa shape index (κ1) is 22.6. The third kappa shape index (κ3) is 4.64. The minimum absolute atomic E-state index is 0.0700. The highest BCUT2D eigenvalue weighted by molar-refractivity contribution is 7.89. The molecule has 1 fully saturated rings. The smallest absolute Gasteiger partial charge is 0.417 e. The maximum absolute atomic E-state index is 13.1. The van der Waals surface area contributed by atoms with Crippen molar-refractivity contribution < 1.29 is 35.5 Å². The molecule has 7 nitrogen and oxygen atoms in total. The van der Waals surface area contributed by atoms with Crippen molar-refractivity contribution in [2.24, 2.45) is 0 Å². The Morgan fingerprint density at radius 1 is 1.20 bits per heavy atom. The molecular weight excluding hydrogens is 449 g/mol. The molecule has 30 heavy (non-hydrogen) atoms. The molecule has 0 spiro atoms. The Labute approximate surface area is 176 Å². The number of hydrogen-bond donors (Lipinski definition) is 0. The highest BCUT2D eigenvalue weighted by atomic mass is 35.5. The van der Waals surface area contributed by atoms with Crippen molar-refractivity contribution in [2.75, 3.05) is 33.3 Å². The second kappa shape index (κ2) is 8.58. The van der Waals surface area contributed by atoms with Crippen molar-refractivity contribution in [3.8, 4) is 0 Å². The van der Waals surface area contributed by atoms with Gasteiger partial charge in [0, 0.05) is 26.2 Å². The van der Waals surface area contributed by atoms with E-state index in [1.807, 2.05) is 4.90 Å². The summed E-state index contributed by atoms with van der Waals surface area (Å²) in [6.07, 6.45) is -3.40. The van der Waals surface area contributed by atoms with E-state index in [0.29, 0.717) is 24.9 Å². The number of rotatable bonds is 5. The van der Waals surface area contributed by atoms with Crippen LogP contribution in [0.5, 0.6) is 0 Å². The quantitative estimate of drug-likeness (QED) is 0.629. The summed E-state index contributed by atoms with van der Waals surface area (Å²) in [6, 6.07) is 4.03. The Kier molecular flexibility index (Phi) is 6.46. The lowest BCUT2D eigenvalue weighted by Gasteiger charge is -2.33. The number of hydrogen-bond acceptors (Lipinski definition) is 6. The van der Waals surface area contributed by atoms with E-state index in [1.54, 1.807) is 0 Å². The van der Waals surface area contributed by atoms with Crippen LogP contribution in [0.4, 0.5) is 13.2 Å². The SMILES string of the molecule is COC(=O)c1ccoc1CN1CCN(S(=O)(=O)c2ccc(Cl)c(C(F)(F)F)c2)CC1. The normalized spacial score (nSPS) is 16.6. The summed E-state index contributed by atoms with van der Waals surface area (Å²) < 4.78 is 75.9. The van der Waals surface area contributed by atoms with Crippen LogP contribution in [0.2, 0.25) is 5.02 Å². The minimum Gasteiger partial charge on any atom is -0.467 e. The van der Waals surface area contributed by atoms with Crippen LogP contribution in [-0.4, -0.2) is 56.9 Å². The zero-order chi connectivity index (χ0) is 22.1. The summed E-state index contributed by atoms with van der Waals surface area (Å²) in [5, 5.41) is -0.564. The number of carbonyl (C=O) groups excluding carboxylic acids is 1. The monoisotopic (exact) mass is 466 g/mol. The number of nitrogens with zero attached hydrogens (tertiary/aromatic N) is 2. The number of furan rings is 1. The van der Waals surface area contributed by atoms with Crippen molar-refractivity contribution >= 4 is 27.6 Å². The van der Waals surface area contributed by atoms with Gasteiger partial charge in [0.15, 0.2) is 0 Å². The fourth-order valence-corrected chi connectivity index (χ4v) is 4.79. The molecule has 0 N–H and O–H groups in total. The molecule has 0 saturated carbocycles. The van der Waals surface area contributed by atoms with Crippen LogP contribution in [0.15, 0.2) is 39.8 Å². The Balaban J connectivity index is 1.70. The lowest BCUT2D eigenvalue weighted by atomic mass is 10.2. The predicted octanol–water partition coefficient (Wildman–Crippen LogP) is 3.24. The van der Waals surface area contributed by atoms with E-state index >= 15 is 0 Å². The van der Waals surface area contributed by atoms with Crippen LogP contribution in [0, 0.1) is 0 Å². The standard InChI is InChI=1S/C18H18ClF3N2O5S/c1-28-17(25)13-4-9-29-16(13)11-23-5-7-24(8-6-23)30(26,27)12-2-3-15(19)14(10-12)18(20,21)22/h2-4,9-10H,5-8,11H2,1H3. The molecule has 0 bridgehead atoms. The third-order valence-corrected chi connectivity index (χ3v) is 6.95. The maximum atomic E-state index is 13.1. The maximum Gasteiger partial charge on any atom is 0.417 e. The summed E-state index contributed by atoms with van der Waals surface area (Å²) in [7, 11) is -2.87. The van der Waals surface area contributed by atoms with Gasteiger partial charge in [-0.2, -0.15) is 17.5 Å². The Morgan fingerprint density at radius 2 is 1.87 bits per heavy atom. The van der Waals surface area contributed by atoms with Crippen LogP contribution >= 0.6 is 11.6 Å². The van der Waals surface area contributed by atoms with E-state index < -0.39 is 37.7 Å². The zero-order valence-corrected chi connectivity index (χ0v) is 17.4. The number of esters is 1. The molecular formula is C18H18ClF3N2O5S. The molecule has 0 unspecified atom stereocenters. The van der Waals surface area contributed by atoms with Gasteiger partial charge in [-0.25, -0.2) is 13.2 Å². The van der Waals surface area contributed by atoms with Gasteiger partial charge in [0.1, 0.15) is 11.3 Å². The predicted molar refractivity (Wildman–Crippen MR) is 101 cm³/mol. The first-order chi connectivity index (χ1) is 14.0. The van der Waals surface area contributed by atoms with Gasteiger partial charge in [0.25, 0.3) is 0 Å². The van der Waals surface area contributed by atoms with E-state index in [4.69, 9.17) is 16.0 Å². The molecule has 0 aliphatic carbocycles. The molecule has 164 valence electrons. The van der Waals surface area contributed by atoms with Crippen LogP contribution in [0.3, 0.4) is 0 Å². The van der Waals surface area contributed by atoms with Crippen molar-refractivity contribution in [1.29, 1.82) is 0 Å². The van der Waals surface area contributed by atoms with Crippen LogP contribution < -0.4 is 0 Å². The van der Waals surface area contributed by atoms with E-state index in [1.165, 1.54) is 19.4 Å². The van der Waals surface area contributed by atoms with Crippen molar-refractivity contribution in [3.05, 3.63) is 52.4 Å². The molecule has 12 heteroatoms. The average Bonchev–Trinajstić information content (AvgIpc) is 3.15. The second-order valence-electron chi connectivity index (χ2n) is 6.57. The van der Waals surface area contributed by atoms with Gasteiger partial charge in [-0.15, -0.1) is 0 Å². The number of methoxy groups -OCH3 is 1. The van der Waals surface area contributed by atoms with Crippen molar-refractivity contribution in [1.82, 2.24) is 9.21 Å². The zero-order valence-electron chi connectivity index (χ0n) is 15.8. The molecule has 1 aliphatic rings. The first-order valence-corrected chi connectivity index (χ1v) is 10.6.